The Balaban J connectivity index is 2.02. The molecule has 6 heteroatoms. The summed E-state index contributed by atoms with van der Waals surface area (Å²) in [5, 5.41) is 9.63. The van der Waals surface area contributed by atoms with Gasteiger partial charge in [0.1, 0.15) is 5.82 Å². The van der Waals surface area contributed by atoms with Crippen molar-refractivity contribution >= 4 is 11.5 Å². The molecule has 2 aromatic heterocycles. The molecule has 0 bridgehead atoms. The zero-order valence-corrected chi connectivity index (χ0v) is 8.90. The summed E-state index contributed by atoms with van der Waals surface area (Å²) in [5.74, 6) is 1.13. The Bertz CT molecular complexity index is 468. The third-order valence-electron chi connectivity index (χ3n) is 2.16. The number of hydrogen-bond acceptors (Lipinski definition) is 5. The molecule has 0 aromatic carbocycles. The molecule has 4 N–H and O–H groups in total. The van der Waals surface area contributed by atoms with Crippen molar-refractivity contribution in [1.82, 2.24) is 15.2 Å². The lowest BCUT2D eigenvalue weighted by Crippen LogP contribution is -2.01. The zero-order chi connectivity index (χ0) is 11.4. The van der Waals surface area contributed by atoms with E-state index in [9.17, 15) is 0 Å². The quantitative estimate of drug-likeness (QED) is 0.714. The summed E-state index contributed by atoms with van der Waals surface area (Å²) in [4.78, 5) is 4.03. The van der Waals surface area contributed by atoms with Crippen molar-refractivity contribution in [2.75, 3.05) is 18.2 Å². The molecule has 2 rings (SSSR count). The van der Waals surface area contributed by atoms with Crippen molar-refractivity contribution in [3.63, 3.8) is 0 Å². The molecule has 0 aliphatic heterocycles. The molecule has 0 radical (unpaired) electrons. The van der Waals surface area contributed by atoms with Gasteiger partial charge in [0.15, 0.2) is 0 Å². The van der Waals surface area contributed by atoms with Crippen LogP contribution in [0.25, 0.3) is 0 Å². The summed E-state index contributed by atoms with van der Waals surface area (Å²) < 4.78 is 5.03. The maximum Gasteiger partial charge on any atom is 0.213 e. The highest BCUT2D eigenvalue weighted by atomic mass is 16.5. The van der Waals surface area contributed by atoms with E-state index >= 15 is 0 Å². The Labute approximate surface area is 92.8 Å². The minimum atomic E-state index is 0.529. The fraction of sp³-hybridized carbons (Fsp3) is 0.200. The van der Waals surface area contributed by atoms with Gasteiger partial charge in [0.05, 0.1) is 19.0 Å². The fourth-order valence-electron chi connectivity index (χ4n) is 1.31. The van der Waals surface area contributed by atoms with Gasteiger partial charge in [-0.25, -0.2) is 4.98 Å². The SMILES string of the molecule is COc1cc(CNc2cn[nH]c2N)ccn1. The Morgan fingerprint density at radius 3 is 3.12 bits per heavy atom. The second kappa shape index (κ2) is 4.52. The summed E-state index contributed by atoms with van der Waals surface area (Å²) in [6.45, 7) is 0.641. The van der Waals surface area contributed by atoms with Gasteiger partial charge < -0.3 is 15.8 Å². The maximum absolute atomic E-state index is 5.64. The lowest BCUT2D eigenvalue weighted by Gasteiger charge is -2.05. The Morgan fingerprint density at radius 1 is 1.56 bits per heavy atom. The van der Waals surface area contributed by atoms with Crippen LogP contribution in [0.3, 0.4) is 0 Å². The van der Waals surface area contributed by atoms with Crippen molar-refractivity contribution in [2.45, 2.75) is 6.54 Å². The first kappa shape index (κ1) is 10.3. The second-order valence-corrected chi connectivity index (χ2v) is 3.26. The van der Waals surface area contributed by atoms with Crippen molar-refractivity contribution in [1.29, 1.82) is 0 Å². The average Bonchev–Trinajstić information content (AvgIpc) is 2.72. The average molecular weight is 219 g/mol. The molecule has 0 saturated carbocycles. The molecule has 0 fully saturated rings. The van der Waals surface area contributed by atoms with E-state index < -0.39 is 0 Å². The fourth-order valence-corrected chi connectivity index (χ4v) is 1.31. The van der Waals surface area contributed by atoms with E-state index in [1.54, 1.807) is 19.5 Å². The number of aromatic nitrogens is 3. The van der Waals surface area contributed by atoms with Gasteiger partial charge in [-0.05, 0) is 11.6 Å². The highest BCUT2D eigenvalue weighted by molar-refractivity contribution is 5.60. The van der Waals surface area contributed by atoms with Crippen molar-refractivity contribution in [2.24, 2.45) is 0 Å². The van der Waals surface area contributed by atoms with Gasteiger partial charge in [0, 0.05) is 18.8 Å². The zero-order valence-electron chi connectivity index (χ0n) is 8.90. The minimum Gasteiger partial charge on any atom is -0.481 e. The summed E-state index contributed by atoms with van der Waals surface area (Å²) in [6, 6.07) is 3.77. The molecule has 0 spiro atoms. The Hall–Kier alpha value is -2.24. The third-order valence-corrected chi connectivity index (χ3v) is 2.16. The van der Waals surface area contributed by atoms with Crippen LogP contribution in [-0.4, -0.2) is 22.3 Å². The van der Waals surface area contributed by atoms with Gasteiger partial charge in [-0.15, -0.1) is 0 Å². The molecule has 0 atom stereocenters. The number of ether oxygens (including phenoxy) is 1. The van der Waals surface area contributed by atoms with E-state index in [-0.39, 0.29) is 0 Å². The van der Waals surface area contributed by atoms with Gasteiger partial charge in [-0.1, -0.05) is 0 Å². The molecule has 84 valence electrons. The molecule has 16 heavy (non-hydrogen) atoms. The first-order valence-electron chi connectivity index (χ1n) is 4.81. The van der Waals surface area contributed by atoms with Crippen LogP contribution >= 0.6 is 0 Å². The first-order valence-corrected chi connectivity index (χ1v) is 4.81. The number of nitrogens with one attached hydrogen (secondary N) is 2. The summed E-state index contributed by atoms with van der Waals surface area (Å²) in [5.41, 5.74) is 7.49. The number of anilines is 2. The number of aromatic amines is 1. The van der Waals surface area contributed by atoms with Crippen LogP contribution in [-0.2, 0) is 6.54 Å². The summed E-state index contributed by atoms with van der Waals surface area (Å²) in [7, 11) is 1.59. The maximum atomic E-state index is 5.64. The van der Waals surface area contributed by atoms with Crippen LogP contribution in [0.5, 0.6) is 5.88 Å². The largest absolute Gasteiger partial charge is 0.481 e. The molecule has 6 nitrogen and oxygen atoms in total. The van der Waals surface area contributed by atoms with Crippen LogP contribution in [0.1, 0.15) is 5.56 Å². The molecule has 0 aliphatic rings. The van der Waals surface area contributed by atoms with E-state index in [4.69, 9.17) is 10.5 Å². The van der Waals surface area contributed by atoms with Crippen LogP contribution in [0.15, 0.2) is 24.5 Å². The van der Waals surface area contributed by atoms with E-state index in [1.807, 2.05) is 12.1 Å². The van der Waals surface area contributed by atoms with Gasteiger partial charge in [-0.3, -0.25) is 5.10 Å². The minimum absolute atomic E-state index is 0.529. The normalized spacial score (nSPS) is 10.1. The number of nitrogen functional groups attached to an aromatic ring is 1. The molecule has 2 aromatic rings. The molecule has 2 heterocycles. The summed E-state index contributed by atoms with van der Waals surface area (Å²) >= 11 is 0. The molecular formula is C10H13N5O. The molecule has 0 amide bonds. The monoisotopic (exact) mass is 219 g/mol. The van der Waals surface area contributed by atoms with E-state index in [0.29, 0.717) is 18.2 Å². The number of hydrogen-bond donors (Lipinski definition) is 3. The van der Waals surface area contributed by atoms with E-state index in [0.717, 1.165) is 11.3 Å². The van der Waals surface area contributed by atoms with E-state index in [1.165, 1.54) is 0 Å². The topological polar surface area (TPSA) is 88.8 Å². The highest BCUT2D eigenvalue weighted by Gasteiger charge is 2.01. The lowest BCUT2D eigenvalue weighted by molar-refractivity contribution is 0.397. The Kier molecular flexibility index (Phi) is 2.90. The van der Waals surface area contributed by atoms with Gasteiger partial charge >= 0.3 is 0 Å². The lowest BCUT2D eigenvalue weighted by atomic mass is 10.2. The van der Waals surface area contributed by atoms with Crippen molar-refractivity contribution in [3.05, 3.63) is 30.1 Å². The third kappa shape index (κ3) is 2.22. The second-order valence-electron chi connectivity index (χ2n) is 3.26. The standard InChI is InChI=1S/C10H13N5O/c1-16-9-4-7(2-3-12-9)5-13-8-6-14-15-10(8)11/h2-4,6,13H,5H2,1H3,(H3,11,14,15). The van der Waals surface area contributed by atoms with Gasteiger partial charge in [-0.2, -0.15) is 5.10 Å². The van der Waals surface area contributed by atoms with Crippen molar-refractivity contribution in [3.8, 4) is 5.88 Å². The Morgan fingerprint density at radius 2 is 2.44 bits per heavy atom. The van der Waals surface area contributed by atoms with Crippen LogP contribution in [0.2, 0.25) is 0 Å². The number of nitrogens with zero attached hydrogens (tertiary/aromatic N) is 2. The number of methoxy groups -OCH3 is 1. The molecular weight excluding hydrogens is 206 g/mol. The summed E-state index contributed by atoms with van der Waals surface area (Å²) in [6.07, 6.45) is 3.35. The first-order chi connectivity index (χ1) is 7.79. The van der Waals surface area contributed by atoms with E-state index in [2.05, 4.69) is 20.5 Å². The number of pyridine rings is 1. The van der Waals surface area contributed by atoms with Gasteiger partial charge in [0.2, 0.25) is 5.88 Å². The van der Waals surface area contributed by atoms with Crippen molar-refractivity contribution < 1.29 is 4.74 Å². The predicted molar refractivity (Wildman–Crippen MR) is 61.1 cm³/mol. The molecule has 0 saturated heterocycles. The molecule has 0 aliphatic carbocycles. The van der Waals surface area contributed by atoms with Crippen LogP contribution in [0.4, 0.5) is 11.5 Å². The smallest absolute Gasteiger partial charge is 0.213 e. The number of nitrogens with two attached hydrogens (primary N) is 1. The highest BCUT2D eigenvalue weighted by Crippen LogP contribution is 2.15. The number of H-pyrrole nitrogens is 1. The van der Waals surface area contributed by atoms with Crippen LogP contribution in [0, 0.1) is 0 Å². The van der Waals surface area contributed by atoms with Gasteiger partial charge in [0.25, 0.3) is 0 Å². The van der Waals surface area contributed by atoms with Crippen LogP contribution < -0.4 is 15.8 Å². The predicted octanol–water partition coefficient (Wildman–Crippen LogP) is 1.01. The molecule has 0 unspecified atom stereocenters. The number of rotatable bonds is 4.